The second-order valence-corrected chi connectivity index (χ2v) is 5.79. The van der Waals surface area contributed by atoms with E-state index in [1.165, 1.54) is 5.01 Å². The Labute approximate surface area is 136 Å². The fourth-order valence-corrected chi connectivity index (χ4v) is 3.08. The molecule has 1 heterocycles. The van der Waals surface area contributed by atoms with Gasteiger partial charge in [0.2, 0.25) is 0 Å². The first-order chi connectivity index (χ1) is 11.2. The number of carbonyl (C=O) groups is 2. The van der Waals surface area contributed by atoms with Crippen molar-refractivity contribution < 1.29 is 9.59 Å². The number of carbonyl (C=O) groups excluding carboxylic acids is 2. The molecule has 1 saturated heterocycles. The van der Waals surface area contributed by atoms with E-state index in [1.54, 1.807) is 0 Å². The van der Waals surface area contributed by atoms with Gasteiger partial charge in [-0.25, -0.2) is 5.01 Å². The minimum absolute atomic E-state index is 0.201. The van der Waals surface area contributed by atoms with Crippen LogP contribution in [0.25, 0.3) is 0 Å². The first-order valence-electron chi connectivity index (χ1n) is 7.96. The van der Waals surface area contributed by atoms with E-state index in [-0.39, 0.29) is 11.8 Å². The lowest BCUT2D eigenvalue weighted by atomic mass is 9.75. The SMILES string of the molecule is CCCCC1(c2ccccc2)C(=O)NN(c2ccccc2)C1=O. The van der Waals surface area contributed by atoms with Gasteiger partial charge in [0.1, 0.15) is 0 Å². The normalized spacial score (nSPS) is 20.7. The average molecular weight is 308 g/mol. The van der Waals surface area contributed by atoms with Gasteiger partial charge in [-0.2, -0.15) is 0 Å². The van der Waals surface area contributed by atoms with E-state index in [0.717, 1.165) is 18.4 Å². The van der Waals surface area contributed by atoms with Crippen LogP contribution in [-0.4, -0.2) is 11.8 Å². The van der Waals surface area contributed by atoms with Crippen molar-refractivity contribution in [3.8, 4) is 0 Å². The summed E-state index contributed by atoms with van der Waals surface area (Å²) >= 11 is 0. The van der Waals surface area contributed by atoms with Crippen molar-refractivity contribution in [1.82, 2.24) is 5.43 Å². The van der Waals surface area contributed by atoms with Crippen LogP contribution in [0.4, 0.5) is 5.69 Å². The Morgan fingerprint density at radius 2 is 1.57 bits per heavy atom. The highest BCUT2D eigenvalue weighted by molar-refractivity contribution is 6.22. The highest BCUT2D eigenvalue weighted by Gasteiger charge is 2.55. The van der Waals surface area contributed by atoms with Gasteiger partial charge in [-0.15, -0.1) is 0 Å². The quantitative estimate of drug-likeness (QED) is 0.862. The summed E-state index contributed by atoms with van der Waals surface area (Å²) in [6, 6.07) is 18.6. The van der Waals surface area contributed by atoms with E-state index in [2.05, 4.69) is 12.3 Å². The molecule has 23 heavy (non-hydrogen) atoms. The summed E-state index contributed by atoms with van der Waals surface area (Å²) in [7, 11) is 0. The number of amides is 2. The van der Waals surface area contributed by atoms with Gasteiger partial charge < -0.3 is 0 Å². The van der Waals surface area contributed by atoms with Crippen LogP contribution < -0.4 is 10.4 Å². The van der Waals surface area contributed by atoms with Gasteiger partial charge in [0.15, 0.2) is 5.41 Å². The lowest BCUT2D eigenvalue weighted by Crippen LogP contribution is -2.41. The molecule has 2 aromatic rings. The summed E-state index contributed by atoms with van der Waals surface area (Å²) in [6.45, 7) is 2.06. The van der Waals surface area contributed by atoms with Gasteiger partial charge in [0.25, 0.3) is 11.8 Å². The third kappa shape index (κ3) is 2.50. The maximum absolute atomic E-state index is 13.2. The molecule has 1 fully saturated rings. The lowest BCUT2D eigenvalue weighted by molar-refractivity contribution is -0.130. The standard InChI is InChI=1S/C19H20N2O2/c1-2-3-14-19(15-10-6-4-7-11-15)17(22)20-21(18(19)23)16-12-8-5-9-13-16/h4-13H,2-3,14H2,1H3,(H,20,22). The maximum Gasteiger partial charge on any atom is 0.265 e. The Kier molecular flexibility index (Phi) is 4.15. The van der Waals surface area contributed by atoms with Crippen LogP contribution in [0.2, 0.25) is 0 Å². The third-order valence-electron chi connectivity index (χ3n) is 4.36. The minimum Gasteiger partial charge on any atom is -0.272 e. The Morgan fingerprint density at radius 3 is 2.17 bits per heavy atom. The van der Waals surface area contributed by atoms with Crippen LogP contribution >= 0.6 is 0 Å². The number of hydrazine groups is 1. The predicted octanol–water partition coefficient (Wildman–Crippen LogP) is 3.19. The maximum atomic E-state index is 13.2. The second kappa shape index (κ2) is 6.24. The summed E-state index contributed by atoms with van der Waals surface area (Å²) in [6.07, 6.45) is 2.26. The third-order valence-corrected chi connectivity index (χ3v) is 4.36. The van der Waals surface area contributed by atoms with Crippen molar-refractivity contribution in [3.63, 3.8) is 0 Å². The second-order valence-electron chi connectivity index (χ2n) is 5.79. The van der Waals surface area contributed by atoms with E-state index >= 15 is 0 Å². The molecule has 0 bridgehead atoms. The molecule has 2 aromatic carbocycles. The fourth-order valence-electron chi connectivity index (χ4n) is 3.08. The lowest BCUT2D eigenvalue weighted by Gasteiger charge is -2.24. The highest BCUT2D eigenvalue weighted by Crippen LogP contribution is 2.37. The number of para-hydroxylation sites is 1. The monoisotopic (exact) mass is 308 g/mol. The molecule has 4 nitrogen and oxygen atoms in total. The zero-order chi connectivity index (χ0) is 16.3. The number of anilines is 1. The van der Waals surface area contributed by atoms with Crippen LogP contribution in [0.15, 0.2) is 60.7 Å². The molecule has 1 unspecified atom stereocenters. The number of rotatable bonds is 5. The van der Waals surface area contributed by atoms with Gasteiger partial charge in [-0.3, -0.25) is 15.0 Å². The molecule has 0 aromatic heterocycles. The summed E-state index contributed by atoms with van der Waals surface area (Å²) in [5.74, 6) is -0.445. The van der Waals surface area contributed by atoms with Crippen molar-refractivity contribution >= 4 is 17.5 Å². The first kappa shape index (κ1) is 15.3. The molecule has 1 N–H and O–H groups in total. The largest absolute Gasteiger partial charge is 0.272 e. The molecule has 0 aliphatic carbocycles. The highest BCUT2D eigenvalue weighted by atomic mass is 16.2. The van der Waals surface area contributed by atoms with Crippen LogP contribution in [-0.2, 0) is 15.0 Å². The molecule has 3 rings (SSSR count). The molecule has 4 heteroatoms. The molecular weight excluding hydrogens is 288 g/mol. The van der Waals surface area contributed by atoms with Crippen LogP contribution in [0, 0.1) is 0 Å². The molecule has 2 amide bonds. The zero-order valence-corrected chi connectivity index (χ0v) is 13.2. The van der Waals surface area contributed by atoms with Gasteiger partial charge in [0.05, 0.1) is 5.69 Å². The average Bonchev–Trinajstić information content (AvgIpc) is 2.86. The van der Waals surface area contributed by atoms with Crippen molar-refractivity contribution in [2.24, 2.45) is 0 Å². The molecule has 1 aliphatic rings. The Hall–Kier alpha value is -2.62. The van der Waals surface area contributed by atoms with E-state index in [4.69, 9.17) is 0 Å². The molecular formula is C19H20N2O2. The number of nitrogens with zero attached hydrogens (tertiary/aromatic N) is 1. The minimum atomic E-state index is -1.13. The van der Waals surface area contributed by atoms with Gasteiger partial charge in [-0.05, 0) is 24.1 Å². The van der Waals surface area contributed by atoms with E-state index in [9.17, 15) is 9.59 Å². The summed E-state index contributed by atoms with van der Waals surface area (Å²) in [4.78, 5) is 26.0. The number of hydrogen-bond acceptors (Lipinski definition) is 2. The molecule has 0 radical (unpaired) electrons. The van der Waals surface area contributed by atoms with Gasteiger partial charge >= 0.3 is 0 Å². The van der Waals surface area contributed by atoms with Gasteiger partial charge in [0, 0.05) is 0 Å². The predicted molar refractivity (Wildman–Crippen MR) is 89.7 cm³/mol. The fraction of sp³-hybridized carbons (Fsp3) is 0.263. The van der Waals surface area contributed by atoms with Crippen molar-refractivity contribution in [2.75, 3.05) is 5.01 Å². The molecule has 0 saturated carbocycles. The van der Waals surface area contributed by atoms with E-state index in [1.807, 2.05) is 60.7 Å². The van der Waals surface area contributed by atoms with Crippen LogP contribution in [0.3, 0.4) is 0 Å². The zero-order valence-electron chi connectivity index (χ0n) is 13.2. The van der Waals surface area contributed by atoms with Crippen LogP contribution in [0.1, 0.15) is 31.7 Å². The van der Waals surface area contributed by atoms with Crippen LogP contribution in [0.5, 0.6) is 0 Å². The van der Waals surface area contributed by atoms with Gasteiger partial charge in [-0.1, -0.05) is 68.3 Å². The topological polar surface area (TPSA) is 49.4 Å². The summed E-state index contributed by atoms with van der Waals surface area (Å²) in [5, 5.41) is 1.38. The number of hydrogen-bond donors (Lipinski definition) is 1. The molecule has 118 valence electrons. The Bertz CT molecular complexity index is 700. The summed E-state index contributed by atoms with van der Waals surface area (Å²) in [5.41, 5.74) is 3.07. The van der Waals surface area contributed by atoms with E-state index in [0.29, 0.717) is 12.1 Å². The number of nitrogens with one attached hydrogen (secondary N) is 1. The Balaban J connectivity index is 2.05. The van der Waals surface area contributed by atoms with Crippen molar-refractivity contribution in [1.29, 1.82) is 0 Å². The summed E-state index contributed by atoms with van der Waals surface area (Å²) < 4.78 is 0. The molecule has 1 atom stereocenters. The molecule has 1 aliphatic heterocycles. The first-order valence-corrected chi connectivity index (χ1v) is 7.96. The number of unbranched alkanes of at least 4 members (excludes halogenated alkanes) is 1. The Morgan fingerprint density at radius 1 is 0.957 bits per heavy atom. The number of benzene rings is 2. The smallest absolute Gasteiger partial charge is 0.265 e. The van der Waals surface area contributed by atoms with Crippen molar-refractivity contribution in [2.45, 2.75) is 31.6 Å². The van der Waals surface area contributed by atoms with Crippen molar-refractivity contribution in [3.05, 3.63) is 66.2 Å². The van der Waals surface area contributed by atoms with E-state index < -0.39 is 5.41 Å². The molecule has 0 spiro atoms.